The van der Waals surface area contributed by atoms with Crippen molar-refractivity contribution in [2.24, 2.45) is 0 Å². The minimum Gasteiger partial charge on any atom is -0.471 e. The first-order valence-electron chi connectivity index (χ1n) is 4.20. The molecule has 0 N–H and O–H groups in total. The van der Waals surface area contributed by atoms with Gasteiger partial charge in [-0.2, -0.15) is 5.10 Å². The molecule has 1 aromatic heterocycles. The van der Waals surface area contributed by atoms with Crippen molar-refractivity contribution in [2.75, 3.05) is 0 Å². The van der Waals surface area contributed by atoms with Crippen molar-refractivity contribution in [1.82, 2.24) is 9.78 Å². The highest BCUT2D eigenvalue weighted by molar-refractivity contribution is 6.30. The number of rotatable bonds is 3. The Morgan fingerprint density at radius 1 is 1.29 bits per heavy atom. The van der Waals surface area contributed by atoms with Gasteiger partial charge in [-0.1, -0.05) is 11.6 Å². The first-order valence-corrected chi connectivity index (χ1v) is 4.58. The van der Waals surface area contributed by atoms with Crippen LogP contribution in [0.25, 0.3) is 0 Å². The third kappa shape index (κ3) is 2.26. The molecule has 4 heteroatoms. The first-order chi connectivity index (χ1) is 6.84. The smallest absolute Gasteiger partial charge is 0.180 e. The van der Waals surface area contributed by atoms with Gasteiger partial charge < -0.3 is 4.74 Å². The van der Waals surface area contributed by atoms with Crippen molar-refractivity contribution in [3.8, 4) is 5.75 Å². The number of hydrogen-bond donors (Lipinski definition) is 0. The molecule has 0 atom stereocenters. The Hall–Kier alpha value is -1.48. The Labute approximate surface area is 86.9 Å². The second-order valence-corrected chi connectivity index (χ2v) is 3.21. The summed E-state index contributed by atoms with van der Waals surface area (Å²) in [4.78, 5) is 0. The zero-order valence-corrected chi connectivity index (χ0v) is 8.19. The van der Waals surface area contributed by atoms with Gasteiger partial charge in [0.25, 0.3) is 0 Å². The third-order valence-corrected chi connectivity index (χ3v) is 1.99. The number of nitrogens with zero attached hydrogens (tertiary/aromatic N) is 2. The van der Waals surface area contributed by atoms with Crippen molar-refractivity contribution < 1.29 is 4.74 Å². The van der Waals surface area contributed by atoms with Crippen LogP contribution in [0.4, 0.5) is 0 Å². The van der Waals surface area contributed by atoms with E-state index in [1.165, 1.54) is 0 Å². The normalized spacial score (nSPS) is 10.1. The average Bonchev–Trinajstić information content (AvgIpc) is 2.70. The second-order valence-electron chi connectivity index (χ2n) is 2.77. The molecule has 0 saturated heterocycles. The van der Waals surface area contributed by atoms with Crippen molar-refractivity contribution in [3.63, 3.8) is 0 Å². The SMILES string of the molecule is Clc1ccc(OCn2cccn2)cc1. The molecule has 0 saturated carbocycles. The standard InChI is InChI=1S/C10H9ClN2O/c11-9-2-4-10(5-3-9)14-8-13-7-1-6-12-13/h1-7H,8H2. The van der Waals surface area contributed by atoms with Crippen LogP contribution < -0.4 is 4.74 Å². The van der Waals surface area contributed by atoms with Crippen molar-refractivity contribution in [2.45, 2.75) is 6.73 Å². The molecule has 72 valence electrons. The van der Waals surface area contributed by atoms with E-state index < -0.39 is 0 Å². The van der Waals surface area contributed by atoms with Crippen molar-refractivity contribution in [3.05, 3.63) is 47.7 Å². The molecule has 0 spiro atoms. The summed E-state index contributed by atoms with van der Waals surface area (Å²) < 4.78 is 7.15. The van der Waals surface area contributed by atoms with Gasteiger partial charge >= 0.3 is 0 Å². The molecule has 0 radical (unpaired) electrons. The molecule has 2 aromatic rings. The molecule has 3 nitrogen and oxygen atoms in total. The van der Waals surface area contributed by atoms with E-state index in [0.717, 1.165) is 5.75 Å². The molecule has 0 aliphatic rings. The summed E-state index contributed by atoms with van der Waals surface area (Å²) in [5.74, 6) is 0.782. The molecule has 0 aliphatic carbocycles. The minimum absolute atomic E-state index is 0.411. The van der Waals surface area contributed by atoms with Gasteiger partial charge in [-0.25, -0.2) is 4.68 Å². The van der Waals surface area contributed by atoms with Gasteiger partial charge in [0, 0.05) is 17.4 Å². The van der Waals surface area contributed by atoms with Gasteiger partial charge in [-0.05, 0) is 30.3 Å². The monoisotopic (exact) mass is 208 g/mol. The highest BCUT2D eigenvalue weighted by Gasteiger charge is 1.94. The van der Waals surface area contributed by atoms with Crippen LogP contribution in [0.3, 0.4) is 0 Å². The predicted octanol–water partition coefficient (Wildman–Crippen LogP) is 2.57. The van der Waals surface area contributed by atoms with E-state index in [4.69, 9.17) is 16.3 Å². The topological polar surface area (TPSA) is 27.1 Å². The van der Waals surface area contributed by atoms with Crippen molar-refractivity contribution >= 4 is 11.6 Å². The number of hydrogen-bond acceptors (Lipinski definition) is 2. The quantitative estimate of drug-likeness (QED) is 0.775. The van der Waals surface area contributed by atoms with Crippen molar-refractivity contribution in [1.29, 1.82) is 0 Å². The maximum Gasteiger partial charge on any atom is 0.180 e. The Balaban J connectivity index is 1.95. The lowest BCUT2D eigenvalue weighted by molar-refractivity contribution is 0.221. The largest absolute Gasteiger partial charge is 0.471 e. The maximum absolute atomic E-state index is 5.74. The average molecular weight is 209 g/mol. The van der Waals surface area contributed by atoms with E-state index in [-0.39, 0.29) is 0 Å². The van der Waals surface area contributed by atoms with Crippen LogP contribution in [0.15, 0.2) is 42.7 Å². The summed E-state index contributed by atoms with van der Waals surface area (Å²) in [5, 5.41) is 4.72. The zero-order chi connectivity index (χ0) is 9.80. The van der Waals surface area contributed by atoms with Crippen LogP contribution in [-0.4, -0.2) is 9.78 Å². The fraction of sp³-hybridized carbons (Fsp3) is 0.100. The second kappa shape index (κ2) is 4.15. The molecule has 1 aromatic carbocycles. The van der Waals surface area contributed by atoms with Crippen LogP contribution in [0.5, 0.6) is 5.75 Å². The molecule has 14 heavy (non-hydrogen) atoms. The Kier molecular flexibility index (Phi) is 2.70. The molecular weight excluding hydrogens is 200 g/mol. The van der Waals surface area contributed by atoms with E-state index in [1.807, 2.05) is 24.4 Å². The van der Waals surface area contributed by atoms with Crippen LogP contribution in [0.2, 0.25) is 5.02 Å². The number of benzene rings is 1. The van der Waals surface area contributed by atoms with Gasteiger partial charge in [0.2, 0.25) is 0 Å². The molecule has 0 fully saturated rings. The van der Waals surface area contributed by atoms with E-state index in [0.29, 0.717) is 11.8 Å². The third-order valence-electron chi connectivity index (χ3n) is 1.74. The van der Waals surface area contributed by atoms with Gasteiger partial charge in [0.1, 0.15) is 5.75 Å². The maximum atomic E-state index is 5.74. The summed E-state index contributed by atoms with van der Waals surface area (Å²) in [5.41, 5.74) is 0. The van der Waals surface area contributed by atoms with E-state index in [2.05, 4.69) is 5.10 Å². The Bertz CT molecular complexity index is 383. The Morgan fingerprint density at radius 2 is 2.07 bits per heavy atom. The summed E-state index contributed by atoms with van der Waals surface area (Å²) in [7, 11) is 0. The Morgan fingerprint density at radius 3 is 2.71 bits per heavy atom. The van der Waals surface area contributed by atoms with Gasteiger partial charge in [-0.15, -0.1) is 0 Å². The predicted molar refractivity (Wildman–Crippen MR) is 54.3 cm³/mol. The van der Waals surface area contributed by atoms with Gasteiger partial charge in [0.15, 0.2) is 6.73 Å². The summed E-state index contributed by atoms with van der Waals surface area (Å²) in [6.45, 7) is 0.411. The zero-order valence-electron chi connectivity index (χ0n) is 7.43. The lowest BCUT2D eigenvalue weighted by atomic mass is 10.3. The molecule has 0 unspecified atom stereocenters. The molecule has 0 bridgehead atoms. The van der Waals surface area contributed by atoms with Crippen LogP contribution in [0.1, 0.15) is 0 Å². The van der Waals surface area contributed by atoms with Crippen LogP contribution in [-0.2, 0) is 6.73 Å². The van der Waals surface area contributed by atoms with Crippen LogP contribution in [0, 0.1) is 0 Å². The lowest BCUT2D eigenvalue weighted by Crippen LogP contribution is -2.04. The molecule has 2 rings (SSSR count). The fourth-order valence-corrected chi connectivity index (χ4v) is 1.17. The molecule has 0 aliphatic heterocycles. The van der Waals surface area contributed by atoms with Crippen LogP contribution >= 0.6 is 11.6 Å². The van der Waals surface area contributed by atoms with E-state index in [9.17, 15) is 0 Å². The lowest BCUT2D eigenvalue weighted by Gasteiger charge is -2.05. The van der Waals surface area contributed by atoms with E-state index >= 15 is 0 Å². The summed E-state index contributed by atoms with van der Waals surface area (Å²) >= 11 is 5.74. The highest BCUT2D eigenvalue weighted by Crippen LogP contribution is 2.15. The molecule has 1 heterocycles. The first kappa shape index (κ1) is 9.09. The fourth-order valence-electron chi connectivity index (χ4n) is 1.05. The summed E-state index contributed by atoms with van der Waals surface area (Å²) in [6, 6.07) is 9.09. The minimum atomic E-state index is 0.411. The number of aromatic nitrogens is 2. The number of ether oxygens (including phenoxy) is 1. The number of halogens is 1. The van der Waals surface area contributed by atoms with E-state index in [1.54, 1.807) is 23.0 Å². The molecular formula is C10H9ClN2O. The molecule has 0 amide bonds. The van der Waals surface area contributed by atoms with Gasteiger partial charge in [-0.3, -0.25) is 0 Å². The van der Waals surface area contributed by atoms with Gasteiger partial charge in [0.05, 0.1) is 0 Å². The highest BCUT2D eigenvalue weighted by atomic mass is 35.5. The summed E-state index contributed by atoms with van der Waals surface area (Å²) in [6.07, 6.45) is 3.56.